The first-order valence-corrected chi connectivity index (χ1v) is 8.70. The minimum absolute atomic E-state index is 0.165. The third kappa shape index (κ3) is 3.75. The number of benzene rings is 1. The van der Waals surface area contributed by atoms with Gasteiger partial charge in [0.05, 0.1) is 17.8 Å². The van der Waals surface area contributed by atoms with Gasteiger partial charge in [-0.3, -0.25) is 0 Å². The van der Waals surface area contributed by atoms with E-state index in [2.05, 4.69) is 20.5 Å². The predicted octanol–water partition coefficient (Wildman–Crippen LogP) is 3.04. The van der Waals surface area contributed by atoms with Crippen LogP contribution in [0.2, 0.25) is 0 Å². The molecule has 10 heteroatoms. The lowest BCUT2D eigenvalue weighted by molar-refractivity contribution is -0.137. The number of anilines is 1. The summed E-state index contributed by atoms with van der Waals surface area (Å²) in [5, 5.41) is 11.9. The second-order valence-electron chi connectivity index (χ2n) is 6.58. The Morgan fingerprint density at radius 2 is 1.89 bits per heavy atom. The molecule has 146 valence electrons. The molecule has 1 saturated heterocycles. The number of nitrogens with zero attached hydrogens (tertiary/aromatic N) is 6. The Hall–Kier alpha value is -3.17. The third-order valence-electron chi connectivity index (χ3n) is 4.51. The summed E-state index contributed by atoms with van der Waals surface area (Å²) >= 11 is 0. The molecule has 7 nitrogen and oxygen atoms in total. The number of alkyl halides is 3. The van der Waals surface area contributed by atoms with Crippen molar-refractivity contribution in [3.05, 3.63) is 53.7 Å². The molecule has 0 aliphatic carbocycles. The van der Waals surface area contributed by atoms with Gasteiger partial charge in [-0.1, -0.05) is 22.8 Å². The maximum atomic E-state index is 12.6. The number of aryl methyl sites for hydroxylation is 1. The van der Waals surface area contributed by atoms with E-state index in [9.17, 15) is 13.2 Å². The van der Waals surface area contributed by atoms with Gasteiger partial charge in [0.25, 0.3) is 0 Å². The molecule has 1 atom stereocenters. The maximum Gasteiger partial charge on any atom is 0.417 e. The van der Waals surface area contributed by atoms with Crippen molar-refractivity contribution in [1.29, 1.82) is 0 Å². The van der Waals surface area contributed by atoms with Crippen molar-refractivity contribution in [2.75, 3.05) is 18.0 Å². The summed E-state index contributed by atoms with van der Waals surface area (Å²) in [4.78, 5) is 5.74. The summed E-state index contributed by atoms with van der Waals surface area (Å²) < 4.78 is 45.3. The van der Waals surface area contributed by atoms with Gasteiger partial charge in [0.15, 0.2) is 0 Å². The summed E-state index contributed by atoms with van der Waals surface area (Å²) in [5.74, 6) is 0.758. The van der Waals surface area contributed by atoms with Gasteiger partial charge in [-0.2, -0.15) is 17.9 Å². The highest BCUT2D eigenvalue weighted by Crippen LogP contribution is 2.30. The third-order valence-corrected chi connectivity index (χ3v) is 4.51. The molecule has 4 rings (SSSR count). The summed E-state index contributed by atoms with van der Waals surface area (Å²) in [6, 6.07) is 10.0. The smallest absolute Gasteiger partial charge is 0.417 e. The first-order chi connectivity index (χ1) is 13.4. The van der Waals surface area contributed by atoms with Crippen LogP contribution >= 0.6 is 0 Å². The van der Waals surface area contributed by atoms with Gasteiger partial charge in [0, 0.05) is 25.2 Å². The fourth-order valence-electron chi connectivity index (χ4n) is 3.03. The molecule has 0 amide bonds. The van der Waals surface area contributed by atoms with E-state index in [0.29, 0.717) is 25.5 Å². The summed E-state index contributed by atoms with van der Waals surface area (Å²) in [5.41, 5.74) is 1.18. The van der Waals surface area contributed by atoms with Crippen molar-refractivity contribution in [3.63, 3.8) is 0 Å². The fourth-order valence-corrected chi connectivity index (χ4v) is 3.03. The van der Waals surface area contributed by atoms with Crippen LogP contribution in [0.4, 0.5) is 19.1 Å². The van der Waals surface area contributed by atoms with Crippen LogP contribution in [0.3, 0.4) is 0 Å². The van der Waals surface area contributed by atoms with Crippen molar-refractivity contribution in [3.8, 4) is 11.6 Å². The topological polar surface area (TPSA) is 69.0 Å². The summed E-state index contributed by atoms with van der Waals surface area (Å²) in [6.45, 7) is 3.18. The Balaban J connectivity index is 1.44. The zero-order valence-electron chi connectivity index (χ0n) is 15.0. The Morgan fingerprint density at radius 1 is 1.11 bits per heavy atom. The highest BCUT2D eigenvalue weighted by molar-refractivity contribution is 5.42. The van der Waals surface area contributed by atoms with Gasteiger partial charge >= 0.3 is 6.18 Å². The molecule has 0 spiro atoms. The molecule has 1 aliphatic rings. The van der Waals surface area contributed by atoms with Crippen LogP contribution in [0.1, 0.15) is 17.5 Å². The van der Waals surface area contributed by atoms with E-state index in [0.717, 1.165) is 23.5 Å². The van der Waals surface area contributed by atoms with Crippen LogP contribution in [0.15, 0.2) is 42.6 Å². The van der Waals surface area contributed by atoms with Gasteiger partial charge in [-0.25, -0.2) is 4.98 Å². The number of aromatic nitrogens is 5. The van der Waals surface area contributed by atoms with Crippen molar-refractivity contribution in [2.24, 2.45) is 0 Å². The maximum absolute atomic E-state index is 12.6. The number of hydrogen-bond acceptors (Lipinski definition) is 6. The van der Waals surface area contributed by atoms with Crippen molar-refractivity contribution in [1.82, 2.24) is 25.2 Å². The molecule has 0 N–H and O–H groups in total. The minimum atomic E-state index is -4.41. The lowest BCUT2D eigenvalue weighted by Gasteiger charge is -2.17. The number of rotatable bonds is 4. The zero-order valence-corrected chi connectivity index (χ0v) is 15.0. The number of hydrogen-bond donors (Lipinski definition) is 0. The van der Waals surface area contributed by atoms with Crippen LogP contribution in [0, 0.1) is 6.92 Å². The second kappa shape index (κ2) is 7.10. The van der Waals surface area contributed by atoms with Crippen molar-refractivity contribution < 1.29 is 17.9 Å². The molecule has 3 aromatic rings. The highest BCUT2D eigenvalue weighted by atomic mass is 19.4. The van der Waals surface area contributed by atoms with Gasteiger partial charge in [-0.15, -0.1) is 0 Å². The number of tetrazole rings is 1. The Labute approximate surface area is 158 Å². The van der Waals surface area contributed by atoms with E-state index >= 15 is 0 Å². The first kappa shape index (κ1) is 18.2. The SMILES string of the molecule is Cc1ccc(-n2nnnc2N2CCC(Oc3ccc(C(F)(F)F)cn3)C2)cc1. The number of pyridine rings is 1. The van der Waals surface area contributed by atoms with E-state index in [1.807, 2.05) is 36.1 Å². The molecule has 0 bridgehead atoms. The molecular formula is C18H17F3N6O. The van der Waals surface area contributed by atoms with Crippen LogP contribution in [-0.4, -0.2) is 44.4 Å². The average molecular weight is 390 g/mol. The largest absolute Gasteiger partial charge is 0.472 e. The van der Waals surface area contributed by atoms with Crippen LogP contribution in [-0.2, 0) is 6.18 Å². The fraction of sp³-hybridized carbons (Fsp3) is 0.333. The van der Waals surface area contributed by atoms with E-state index in [-0.39, 0.29) is 12.0 Å². The molecule has 2 aromatic heterocycles. The van der Waals surface area contributed by atoms with Crippen LogP contribution in [0.25, 0.3) is 5.69 Å². The predicted molar refractivity (Wildman–Crippen MR) is 94.4 cm³/mol. The minimum Gasteiger partial charge on any atom is -0.472 e. The molecular weight excluding hydrogens is 373 g/mol. The monoisotopic (exact) mass is 390 g/mol. The summed E-state index contributed by atoms with van der Waals surface area (Å²) in [6.07, 6.45) is -3.17. The first-order valence-electron chi connectivity index (χ1n) is 8.70. The molecule has 1 unspecified atom stereocenters. The molecule has 1 fully saturated rings. The second-order valence-corrected chi connectivity index (χ2v) is 6.58. The van der Waals surface area contributed by atoms with Gasteiger partial charge in [-0.05, 0) is 35.5 Å². The number of halogens is 3. The summed E-state index contributed by atoms with van der Waals surface area (Å²) in [7, 11) is 0. The molecule has 1 aliphatic heterocycles. The molecule has 28 heavy (non-hydrogen) atoms. The normalized spacial score (nSPS) is 17.1. The van der Waals surface area contributed by atoms with E-state index in [1.165, 1.54) is 6.07 Å². The molecule has 0 saturated carbocycles. The number of ether oxygens (including phenoxy) is 1. The van der Waals surface area contributed by atoms with Crippen LogP contribution in [0.5, 0.6) is 5.88 Å². The van der Waals surface area contributed by atoms with Gasteiger partial charge in [0.2, 0.25) is 11.8 Å². The molecule has 0 radical (unpaired) electrons. The van der Waals surface area contributed by atoms with E-state index in [1.54, 1.807) is 4.68 Å². The van der Waals surface area contributed by atoms with Crippen molar-refractivity contribution >= 4 is 5.95 Å². The van der Waals surface area contributed by atoms with Gasteiger partial charge < -0.3 is 9.64 Å². The van der Waals surface area contributed by atoms with E-state index in [4.69, 9.17) is 4.74 Å². The zero-order chi connectivity index (χ0) is 19.7. The standard InChI is InChI=1S/C18H17F3N6O/c1-12-2-5-14(6-3-12)27-17(23-24-25-27)26-9-8-15(11-26)28-16-7-4-13(10-22-16)18(19,20)21/h2-7,10,15H,8-9,11H2,1H3. The quantitative estimate of drug-likeness (QED) is 0.682. The lowest BCUT2D eigenvalue weighted by atomic mass is 10.2. The Kier molecular flexibility index (Phi) is 4.62. The van der Waals surface area contributed by atoms with Gasteiger partial charge in [0.1, 0.15) is 6.10 Å². The van der Waals surface area contributed by atoms with Crippen molar-refractivity contribution in [2.45, 2.75) is 25.6 Å². The van der Waals surface area contributed by atoms with E-state index < -0.39 is 11.7 Å². The molecule has 1 aromatic carbocycles. The molecule has 3 heterocycles. The lowest BCUT2D eigenvalue weighted by Crippen LogP contribution is -2.27. The Morgan fingerprint density at radius 3 is 2.57 bits per heavy atom. The average Bonchev–Trinajstić information content (AvgIpc) is 3.31. The highest BCUT2D eigenvalue weighted by Gasteiger charge is 2.32. The Bertz CT molecular complexity index is 939. The van der Waals surface area contributed by atoms with Crippen LogP contribution < -0.4 is 9.64 Å².